The summed E-state index contributed by atoms with van der Waals surface area (Å²) in [6.45, 7) is 4.34. The van der Waals surface area contributed by atoms with Crippen LogP contribution in [0.15, 0.2) is 12.1 Å². The van der Waals surface area contributed by atoms with Crippen LogP contribution in [0.3, 0.4) is 0 Å². The number of carbonyl (C=O) groups excluding carboxylic acids is 1. The van der Waals surface area contributed by atoms with Crippen molar-refractivity contribution in [2.45, 2.75) is 39.2 Å². The first-order valence-corrected chi connectivity index (χ1v) is 6.42. The van der Waals surface area contributed by atoms with E-state index in [-0.39, 0.29) is 12.0 Å². The molecule has 2 N–H and O–H groups in total. The Bertz CT molecular complexity index is 336. The molecule has 1 aromatic heterocycles. The SMILES string of the molecule is CCOC(=O)CCCC(N)c1ccc(C)s1. The molecule has 0 aliphatic heterocycles. The van der Waals surface area contributed by atoms with Gasteiger partial charge in [-0.2, -0.15) is 0 Å². The van der Waals surface area contributed by atoms with Crippen LogP contribution in [0.2, 0.25) is 0 Å². The summed E-state index contributed by atoms with van der Waals surface area (Å²) < 4.78 is 4.86. The minimum Gasteiger partial charge on any atom is -0.466 e. The first-order valence-electron chi connectivity index (χ1n) is 5.61. The first-order chi connectivity index (χ1) is 7.63. The second-order valence-corrected chi connectivity index (χ2v) is 5.07. The highest BCUT2D eigenvalue weighted by atomic mass is 32.1. The predicted octanol–water partition coefficient (Wildman–Crippen LogP) is 2.79. The molecular weight excluding hydrogens is 222 g/mol. The molecule has 0 saturated carbocycles. The number of aryl methyl sites for hydroxylation is 1. The van der Waals surface area contributed by atoms with Gasteiger partial charge in [0.25, 0.3) is 0 Å². The summed E-state index contributed by atoms with van der Waals surface area (Å²) in [6, 6.07) is 4.19. The Kier molecular flexibility index (Phi) is 5.49. The molecule has 0 saturated heterocycles. The maximum atomic E-state index is 11.1. The van der Waals surface area contributed by atoms with Gasteiger partial charge in [0.05, 0.1) is 6.61 Å². The highest BCUT2D eigenvalue weighted by Gasteiger charge is 2.09. The Balaban J connectivity index is 2.25. The molecule has 0 aliphatic rings. The fourth-order valence-corrected chi connectivity index (χ4v) is 2.41. The highest BCUT2D eigenvalue weighted by molar-refractivity contribution is 7.12. The van der Waals surface area contributed by atoms with Crippen molar-refractivity contribution in [1.82, 2.24) is 0 Å². The van der Waals surface area contributed by atoms with Crippen LogP contribution in [0, 0.1) is 6.92 Å². The van der Waals surface area contributed by atoms with E-state index in [1.807, 2.05) is 6.92 Å². The Morgan fingerprint density at radius 1 is 1.56 bits per heavy atom. The van der Waals surface area contributed by atoms with Crippen molar-refractivity contribution in [3.8, 4) is 0 Å². The smallest absolute Gasteiger partial charge is 0.305 e. The van der Waals surface area contributed by atoms with Gasteiger partial charge in [0, 0.05) is 22.2 Å². The molecule has 16 heavy (non-hydrogen) atoms. The summed E-state index contributed by atoms with van der Waals surface area (Å²) in [6.07, 6.45) is 2.08. The summed E-state index contributed by atoms with van der Waals surface area (Å²) in [4.78, 5) is 13.6. The molecule has 0 fully saturated rings. The summed E-state index contributed by atoms with van der Waals surface area (Å²) in [5.74, 6) is -0.128. The Hall–Kier alpha value is -0.870. The standard InChI is InChI=1S/C12H19NO2S/c1-3-15-12(14)6-4-5-10(13)11-8-7-9(2)16-11/h7-8,10H,3-6,13H2,1-2H3. The lowest BCUT2D eigenvalue weighted by Crippen LogP contribution is -2.10. The van der Waals surface area contributed by atoms with E-state index in [0.29, 0.717) is 13.0 Å². The van der Waals surface area contributed by atoms with E-state index in [2.05, 4.69) is 19.1 Å². The molecule has 1 atom stereocenters. The third kappa shape index (κ3) is 4.33. The number of hydrogen-bond donors (Lipinski definition) is 1. The average Bonchev–Trinajstić information content (AvgIpc) is 2.65. The molecular formula is C12H19NO2S. The van der Waals surface area contributed by atoms with Gasteiger partial charge in [0.15, 0.2) is 0 Å². The van der Waals surface area contributed by atoms with Gasteiger partial charge in [0.1, 0.15) is 0 Å². The molecule has 0 radical (unpaired) electrons. The largest absolute Gasteiger partial charge is 0.466 e. The van der Waals surface area contributed by atoms with E-state index >= 15 is 0 Å². The molecule has 0 aromatic carbocycles. The third-order valence-electron chi connectivity index (χ3n) is 2.33. The number of hydrogen-bond acceptors (Lipinski definition) is 4. The zero-order valence-corrected chi connectivity index (χ0v) is 10.7. The molecule has 0 spiro atoms. The van der Waals surface area contributed by atoms with Crippen LogP contribution in [0.5, 0.6) is 0 Å². The summed E-state index contributed by atoms with van der Waals surface area (Å²) in [5.41, 5.74) is 6.03. The van der Waals surface area contributed by atoms with Crippen molar-refractivity contribution >= 4 is 17.3 Å². The van der Waals surface area contributed by atoms with Gasteiger partial charge in [-0.3, -0.25) is 4.79 Å². The van der Waals surface area contributed by atoms with Crippen LogP contribution < -0.4 is 5.73 Å². The molecule has 1 aromatic rings. The number of esters is 1. The van der Waals surface area contributed by atoms with Gasteiger partial charge in [-0.1, -0.05) is 0 Å². The van der Waals surface area contributed by atoms with Crippen LogP contribution in [0.25, 0.3) is 0 Å². The van der Waals surface area contributed by atoms with Crippen molar-refractivity contribution < 1.29 is 9.53 Å². The lowest BCUT2D eigenvalue weighted by molar-refractivity contribution is -0.143. The Labute approximate surface area is 101 Å². The second kappa shape index (κ2) is 6.66. The number of carbonyl (C=O) groups is 1. The highest BCUT2D eigenvalue weighted by Crippen LogP contribution is 2.24. The molecule has 90 valence electrons. The minimum atomic E-state index is -0.128. The van der Waals surface area contributed by atoms with Crippen LogP contribution in [0.4, 0.5) is 0 Å². The van der Waals surface area contributed by atoms with E-state index in [0.717, 1.165) is 12.8 Å². The fourth-order valence-electron chi connectivity index (χ4n) is 1.49. The van der Waals surface area contributed by atoms with Gasteiger partial charge in [-0.25, -0.2) is 0 Å². The van der Waals surface area contributed by atoms with E-state index in [4.69, 9.17) is 10.5 Å². The van der Waals surface area contributed by atoms with Gasteiger partial charge < -0.3 is 10.5 Å². The molecule has 1 rings (SSSR count). The molecule has 1 heterocycles. The molecule has 3 nitrogen and oxygen atoms in total. The van der Waals surface area contributed by atoms with Crippen LogP contribution in [-0.2, 0) is 9.53 Å². The molecule has 0 aliphatic carbocycles. The maximum absolute atomic E-state index is 11.1. The van der Waals surface area contributed by atoms with Crippen LogP contribution in [0.1, 0.15) is 42.0 Å². The van der Waals surface area contributed by atoms with E-state index < -0.39 is 0 Å². The van der Waals surface area contributed by atoms with Gasteiger partial charge in [0.2, 0.25) is 0 Å². The van der Waals surface area contributed by atoms with Crippen molar-refractivity contribution in [2.75, 3.05) is 6.61 Å². The topological polar surface area (TPSA) is 52.3 Å². The van der Waals surface area contributed by atoms with Gasteiger partial charge >= 0.3 is 5.97 Å². The zero-order chi connectivity index (χ0) is 12.0. The van der Waals surface area contributed by atoms with Crippen molar-refractivity contribution in [3.63, 3.8) is 0 Å². The quantitative estimate of drug-likeness (QED) is 0.779. The Morgan fingerprint density at radius 3 is 2.88 bits per heavy atom. The fraction of sp³-hybridized carbons (Fsp3) is 0.583. The number of thiophene rings is 1. The molecule has 0 bridgehead atoms. The van der Waals surface area contributed by atoms with Crippen LogP contribution in [-0.4, -0.2) is 12.6 Å². The number of nitrogens with two attached hydrogens (primary N) is 1. The predicted molar refractivity (Wildman–Crippen MR) is 66.5 cm³/mol. The first kappa shape index (κ1) is 13.2. The number of rotatable bonds is 6. The molecule has 1 unspecified atom stereocenters. The van der Waals surface area contributed by atoms with Gasteiger partial charge in [-0.05, 0) is 38.8 Å². The normalized spacial score (nSPS) is 12.4. The van der Waals surface area contributed by atoms with Crippen molar-refractivity contribution in [1.29, 1.82) is 0 Å². The average molecular weight is 241 g/mol. The lowest BCUT2D eigenvalue weighted by atomic mass is 10.1. The zero-order valence-electron chi connectivity index (χ0n) is 9.86. The van der Waals surface area contributed by atoms with Gasteiger partial charge in [-0.15, -0.1) is 11.3 Å². The summed E-state index contributed by atoms with van der Waals surface area (Å²) >= 11 is 1.72. The summed E-state index contributed by atoms with van der Waals surface area (Å²) in [7, 11) is 0. The number of ether oxygens (including phenoxy) is 1. The van der Waals surface area contributed by atoms with E-state index in [9.17, 15) is 4.79 Å². The van der Waals surface area contributed by atoms with Crippen molar-refractivity contribution in [3.05, 3.63) is 21.9 Å². The van der Waals surface area contributed by atoms with Crippen LogP contribution >= 0.6 is 11.3 Å². The molecule has 0 amide bonds. The molecule has 4 heteroatoms. The van der Waals surface area contributed by atoms with E-state index in [1.165, 1.54) is 9.75 Å². The Morgan fingerprint density at radius 2 is 2.31 bits per heavy atom. The third-order valence-corrected chi connectivity index (χ3v) is 3.46. The van der Waals surface area contributed by atoms with E-state index in [1.54, 1.807) is 11.3 Å². The lowest BCUT2D eigenvalue weighted by Gasteiger charge is -2.08. The minimum absolute atomic E-state index is 0.0492. The maximum Gasteiger partial charge on any atom is 0.305 e. The van der Waals surface area contributed by atoms with Crippen molar-refractivity contribution in [2.24, 2.45) is 5.73 Å². The second-order valence-electron chi connectivity index (χ2n) is 3.75. The monoisotopic (exact) mass is 241 g/mol. The summed E-state index contributed by atoms with van der Waals surface area (Å²) in [5, 5.41) is 0.